The number of nitrogens with zero attached hydrogens (tertiary/aromatic N) is 5. The Labute approximate surface area is 255 Å². The van der Waals surface area contributed by atoms with Crippen LogP contribution in [0.1, 0.15) is 34.6 Å². The van der Waals surface area contributed by atoms with Crippen LogP contribution in [0.5, 0.6) is 23.0 Å². The summed E-state index contributed by atoms with van der Waals surface area (Å²) in [4.78, 5) is 67.1. The van der Waals surface area contributed by atoms with Crippen molar-refractivity contribution in [3.63, 3.8) is 0 Å². The molecular formula is C28H24N6O12. The molecule has 5 aromatic rings. The largest absolute Gasteiger partial charge is 0.504 e. The Morgan fingerprint density at radius 2 is 1.80 bits per heavy atom. The quantitative estimate of drug-likeness (QED) is 0.0693. The van der Waals surface area contributed by atoms with Crippen molar-refractivity contribution in [3.8, 4) is 34.1 Å². The first-order chi connectivity index (χ1) is 21.8. The van der Waals surface area contributed by atoms with E-state index in [0.29, 0.717) is 0 Å². The predicted molar refractivity (Wildman–Crippen MR) is 153 cm³/mol. The molecule has 4 aromatic heterocycles. The van der Waals surface area contributed by atoms with E-state index >= 15 is 0 Å². The van der Waals surface area contributed by atoms with Crippen molar-refractivity contribution >= 4 is 34.5 Å². The maximum atomic E-state index is 13.8. The van der Waals surface area contributed by atoms with Crippen LogP contribution < -0.4 is 16.3 Å². The number of aromatic hydroxyl groups is 4. The molecular weight excluding hydrogens is 612 g/mol. The van der Waals surface area contributed by atoms with Gasteiger partial charge in [0.25, 0.3) is 5.56 Å². The summed E-state index contributed by atoms with van der Waals surface area (Å²) in [6, 6.07) is 1.94. The number of aliphatic carboxylic acids is 1. The van der Waals surface area contributed by atoms with Gasteiger partial charge in [0.05, 0.1) is 34.6 Å². The van der Waals surface area contributed by atoms with E-state index in [1.807, 2.05) is 0 Å². The highest BCUT2D eigenvalue weighted by Gasteiger charge is 2.27. The van der Waals surface area contributed by atoms with Crippen LogP contribution in [-0.2, 0) is 27.5 Å². The van der Waals surface area contributed by atoms with E-state index < -0.39 is 69.4 Å². The number of hydrogen-bond donors (Lipinski definition) is 6. The summed E-state index contributed by atoms with van der Waals surface area (Å²) in [5.74, 6) is -5.71. The first-order valence-corrected chi connectivity index (χ1v) is 13.4. The van der Waals surface area contributed by atoms with Crippen LogP contribution in [0.25, 0.3) is 27.7 Å². The number of hydrogen-bond acceptors (Lipinski definition) is 14. The zero-order valence-corrected chi connectivity index (χ0v) is 23.8. The van der Waals surface area contributed by atoms with Crippen molar-refractivity contribution in [2.45, 2.75) is 32.9 Å². The summed E-state index contributed by atoms with van der Waals surface area (Å²) in [5.41, 5.74) is -3.46. The Balaban J connectivity index is 1.43. The molecule has 46 heavy (non-hydrogen) atoms. The molecule has 0 saturated carbocycles. The number of carboxylic acid groups (broad SMARTS) is 1. The fraction of sp³-hybridized carbons (Fsp3) is 0.214. The number of carboxylic acids is 1. The summed E-state index contributed by atoms with van der Waals surface area (Å²) in [5, 5.41) is 58.7. The molecule has 18 nitrogen and oxygen atoms in total. The summed E-state index contributed by atoms with van der Waals surface area (Å²) in [6.07, 6.45) is 3.24. The molecule has 1 aromatic carbocycles. The molecule has 4 heterocycles. The highest BCUT2D eigenvalue weighted by Crippen LogP contribution is 2.36. The molecule has 5 rings (SSSR count). The number of carbonyl (C=O) groups is 3. The molecule has 0 aliphatic rings. The third kappa shape index (κ3) is 5.98. The van der Waals surface area contributed by atoms with Crippen molar-refractivity contribution < 1.29 is 49.1 Å². The highest BCUT2D eigenvalue weighted by molar-refractivity contribution is 6.07. The number of benzene rings is 1. The zero-order valence-electron chi connectivity index (χ0n) is 23.8. The number of amides is 1. The molecule has 0 spiro atoms. The summed E-state index contributed by atoms with van der Waals surface area (Å²) in [7, 11) is 0. The first-order valence-electron chi connectivity index (χ1n) is 13.4. The molecule has 0 aliphatic heterocycles. The van der Waals surface area contributed by atoms with E-state index in [4.69, 9.17) is 14.3 Å². The Bertz CT molecular complexity index is 2170. The van der Waals surface area contributed by atoms with Gasteiger partial charge >= 0.3 is 11.9 Å². The number of phenolic OH excluding ortho intramolecular Hbond substituents is 2. The van der Waals surface area contributed by atoms with Gasteiger partial charge in [-0.1, -0.05) is 5.21 Å². The van der Waals surface area contributed by atoms with Crippen molar-refractivity contribution in [2.24, 2.45) is 0 Å². The SMILES string of the molecule is Cc1nc2cc(O)c(O)cn2c(=O)c1-c1coc2cc(O)c(O)c(C(=O)OCc3cn(CC(=O)NCCCC(=O)O)nn3)c2c1=O. The topological polar surface area (TPSA) is 269 Å². The standard InChI is InChI=1S/C28H24N6O12/c1-12-22(27(43)34-8-17(37)15(35)6-19(34)30-12)14-11-45-18-5-16(36)26(42)24(23(18)25(14)41)28(44)46-10-13-7-33(32-31-13)9-20(38)29-4-2-3-21(39)40/h5-8,11,35-37,42H,2-4,9-10H2,1H3,(H,29,38)(H,39,40). The van der Waals surface area contributed by atoms with Crippen LogP contribution in [0.15, 0.2) is 44.8 Å². The van der Waals surface area contributed by atoms with E-state index in [9.17, 15) is 44.4 Å². The number of aromatic nitrogens is 5. The first kappa shape index (κ1) is 31.0. The Hall–Kier alpha value is -6.46. The third-order valence-corrected chi connectivity index (χ3v) is 6.73. The van der Waals surface area contributed by atoms with E-state index in [-0.39, 0.29) is 59.7 Å². The molecule has 6 N–H and O–H groups in total. The fourth-order valence-corrected chi connectivity index (χ4v) is 4.58. The summed E-state index contributed by atoms with van der Waals surface area (Å²) in [6.45, 7) is 0.747. The van der Waals surface area contributed by atoms with Gasteiger partial charge in [-0.25, -0.2) is 14.5 Å². The van der Waals surface area contributed by atoms with Crippen LogP contribution in [0.2, 0.25) is 0 Å². The third-order valence-electron chi connectivity index (χ3n) is 6.73. The molecule has 238 valence electrons. The zero-order chi connectivity index (χ0) is 33.3. The van der Waals surface area contributed by atoms with Crippen molar-refractivity contribution in [2.75, 3.05) is 6.54 Å². The minimum absolute atomic E-state index is 0.0332. The monoisotopic (exact) mass is 636 g/mol. The minimum atomic E-state index is -1.28. The van der Waals surface area contributed by atoms with E-state index in [2.05, 4.69) is 20.6 Å². The lowest BCUT2D eigenvalue weighted by molar-refractivity contribution is -0.137. The van der Waals surface area contributed by atoms with Gasteiger partial charge in [-0.05, 0) is 13.3 Å². The van der Waals surface area contributed by atoms with Gasteiger partial charge in [-0.3, -0.25) is 23.6 Å². The lowest BCUT2D eigenvalue weighted by atomic mass is 10.0. The van der Waals surface area contributed by atoms with Crippen LogP contribution >= 0.6 is 0 Å². The van der Waals surface area contributed by atoms with Crippen LogP contribution in [0.4, 0.5) is 0 Å². The smallest absolute Gasteiger partial charge is 0.343 e. The molecule has 0 saturated heterocycles. The molecule has 0 fully saturated rings. The number of esters is 1. The molecule has 0 bridgehead atoms. The van der Waals surface area contributed by atoms with E-state index in [0.717, 1.165) is 33.7 Å². The summed E-state index contributed by atoms with van der Waals surface area (Å²) >= 11 is 0. The van der Waals surface area contributed by atoms with Gasteiger partial charge in [0, 0.05) is 25.1 Å². The van der Waals surface area contributed by atoms with Crippen LogP contribution in [-0.4, -0.2) is 74.3 Å². The van der Waals surface area contributed by atoms with Crippen molar-refractivity contribution in [1.82, 2.24) is 29.7 Å². The number of nitrogens with one attached hydrogen (secondary N) is 1. The second-order valence-electron chi connectivity index (χ2n) is 9.95. The van der Waals surface area contributed by atoms with Crippen molar-refractivity contribution in [1.29, 1.82) is 0 Å². The van der Waals surface area contributed by atoms with Crippen molar-refractivity contribution in [3.05, 3.63) is 68.3 Å². The molecule has 18 heteroatoms. The number of carbonyl (C=O) groups excluding carboxylic acids is 2. The molecule has 0 unspecified atom stereocenters. The van der Waals surface area contributed by atoms with E-state index in [1.54, 1.807) is 0 Å². The number of pyridine rings is 1. The highest BCUT2D eigenvalue weighted by atomic mass is 16.5. The normalized spacial score (nSPS) is 11.2. The van der Waals surface area contributed by atoms with Crippen LogP contribution in [0, 0.1) is 6.92 Å². The number of ether oxygens (including phenoxy) is 1. The minimum Gasteiger partial charge on any atom is -0.504 e. The van der Waals surface area contributed by atoms with Gasteiger partial charge in [0.1, 0.15) is 41.9 Å². The van der Waals surface area contributed by atoms with Gasteiger partial charge in [-0.2, -0.15) is 0 Å². The second-order valence-corrected chi connectivity index (χ2v) is 9.95. The molecule has 0 aliphatic carbocycles. The van der Waals surface area contributed by atoms with Gasteiger partial charge < -0.3 is 40.0 Å². The van der Waals surface area contributed by atoms with Gasteiger partial charge in [-0.15, -0.1) is 5.10 Å². The van der Waals surface area contributed by atoms with Gasteiger partial charge in [0.2, 0.25) is 11.3 Å². The lowest BCUT2D eigenvalue weighted by Gasteiger charge is -2.12. The molecule has 0 atom stereocenters. The summed E-state index contributed by atoms with van der Waals surface area (Å²) < 4.78 is 12.7. The molecule has 1 amide bonds. The Kier molecular flexibility index (Phi) is 8.26. The molecule has 0 radical (unpaired) electrons. The average molecular weight is 637 g/mol. The predicted octanol–water partition coefficient (Wildman–Crippen LogP) is 0.528. The number of rotatable bonds is 10. The van der Waals surface area contributed by atoms with Crippen LogP contribution in [0.3, 0.4) is 0 Å². The number of fused-ring (bicyclic) bond motifs is 2. The van der Waals surface area contributed by atoms with E-state index in [1.165, 1.54) is 13.1 Å². The maximum Gasteiger partial charge on any atom is 0.343 e. The number of aryl methyl sites for hydroxylation is 1. The fourth-order valence-electron chi connectivity index (χ4n) is 4.58. The number of phenols is 2. The maximum absolute atomic E-state index is 13.8. The van der Waals surface area contributed by atoms with Gasteiger partial charge in [0.15, 0.2) is 23.0 Å². The second kappa shape index (κ2) is 12.3. The Morgan fingerprint density at radius 3 is 2.54 bits per heavy atom. The Morgan fingerprint density at radius 1 is 1.04 bits per heavy atom. The lowest BCUT2D eigenvalue weighted by Crippen LogP contribution is -2.28. The average Bonchev–Trinajstić information content (AvgIpc) is 3.44.